The smallest absolute Gasteiger partial charge is 0.147 e. The fourth-order valence-corrected chi connectivity index (χ4v) is 6.78. The summed E-state index contributed by atoms with van der Waals surface area (Å²) in [4.78, 5) is 11.3. The molecule has 7 rings (SSSR count). The third-order valence-electron chi connectivity index (χ3n) is 8.41. The van der Waals surface area contributed by atoms with Gasteiger partial charge in [-0.05, 0) is 75.1 Å². The molecule has 0 N–H and O–H groups in total. The number of ether oxygens (including phenoxy) is 1. The lowest BCUT2D eigenvalue weighted by atomic mass is 9.63. The number of anilines is 1. The zero-order chi connectivity index (χ0) is 26.7. The predicted octanol–water partition coefficient (Wildman–Crippen LogP) is 8.25. The molecule has 39 heavy (non-hydrogen) atoms. The Balaban J connectivity index is 1.14. The summed E-state index contributed by atoms with van der Waals surface area (Å²) in [6.45, 7) is 6.68. The molecule has 4 heterocycles. The molecule has 1 aromatic carbocycles. The van der Waals surface area contributed by atoms with E-state index in [4.69, 9.17) is 37.4 Å². The fraction of sp³-hybridized carbons (Fsp3) is 0.387. The lowest BCUT2D eigenvalue weighted by Gasteiger charge is -2.47. The van der Waals surface area contributed by atoms with Gasteiger partial charge in [-0.15, -0.1) is 0 Å². The van der Waals surface area contributed by atoms with Crippen LogP contribution in [0, 0.1) is 12.3 Å². The van der Waals surface area contributed by atoms with Gasteiger partial charge in [0.2, 0.25) is 0 Å². The van der Waals surface area contributed by atoms with Gasteiger partial charge in [-0.2, -0.15) is 0 Å². The normalized spacial score (nSPS) is 18.4. The molecule has 3 aliphatic rings. The molecule has 0 atom stereocenters. The van der Waals surface area contributed by atoms with Crippen molar-refractivity contribution in [2.75, 3.05) is 24.6 Å². The molecular formula is C31H30Cl2N4O2. The van der Waals surface area contributed by atoms with E-state index in [2.05, 4.69) is 39.3 Å². The van der Waals surface area contributed by atoms with Crippen LogP contribution in [0.15, 0.2) is 47.3 Å². The predicted molar refractivity (Wildman–Crippen MR) is 156 cm³/mol. The van der Waals surface area contributed by atoms with Crippen LogP contribution in [-0.2, 0) is 0 Å². The van der Waals surface area contributed by atoms with Crippen LogP contribution < -0.4 is 9.64 Å². The number of pyridine rings is 2. The van der Waals surface area contributed by atoms with Crippen molar-refractivity contribution in [3.8, 4) is 17.0 Å². The topological polar surface area (TPSA) is 64.3 Å². The Kier molecular flexibility index (Phi) is 6.09. The monoisotopic (exact) mass is 560 g/mol. The van der Waals surface area contributed by atoms with E-state index in [0.717, 1.165) is 84.6 Å². The summed E-state index contributed by atoms with van der Waals surface area (Å²) in [6.07, 6.45) is 11.2. The highest BCUT2D eigenvalue weighted by Gasteiger charge is 2.44. The molecule has 1 aliphatic heterocycles. The Morgan fingerprint density at radius 1 is 1.08 bits per heavy atom. The Bertz CT molecular complexity index is 1600. The molecule has 2 aliphatic carbocycles. The maximum absolute atomic E-state index is 6.53. The highest BCUT2D eigenvalue weighted by molar-refractivity contribution is 6.39. The van der Waals surface area contributed by atoms with Crippen molar-refractivity contribution >= 4 is 45.4 Å². The molecule has 0 amide bonds. The Hall–Kier alpha value is -3.09. The number of halogens is 2. The first kappa shape index (κ1) is 24.9. The van der Waals surface area contributed by atoms with Crippen molar-refractivity contribution in [3.05, 3.63) is 69.8 Å². The molecule has 0 unspecified atom stereocenters. The lowest BCUT2D eigenvalue weighted by molar-refractivity contribution is 0.277. The van der Waals surface area contributed by atoms with E-state index in [1.54, 1.807) is 12.4 Å². The molecule has 2 fully saturated rings. The zero-order valence-electron chi connectivity index (χ0n) is 22.1. The van der Waals surface area contributed by atoms with Gasteiger partial charge in [0.15, 0.2) is 0 Å². The number of aryl methyl sites for hydroxylation is 1. The van der Waals surface area contributed by atoms with Gasteiger partial charge in [0, 0.05) is 65.4 Å². The lowest BCUT2D eigenvalue weighted by Crippen LogP contribution is -2.42. The van der Waals surface area contributed by atoms with E-state index < -0.39 is 0 Å². The molecule has 0 bridgehead atoms. The van der Waals surface area contributed by atoms with Gasteiger partial charge in [-0.3, -0.25) is 9.97 Å². The molecule has 1 spiro atoms. The zero-order valence-corrected chi connectivity index (χ0v) is 23.6. The molecule has 6 nitrogen and oxygen atoms in total. The van der Waals surface area contributed by atoms with Crippen molar-refractivity contribution in [1.29, 1.82) is 0 Å². The van der Waals surface area contributed by atoms with E-state index in [1.165, 1.54) is 11.3 Å². The van der Waals surface area contributed by atoms with Crippen LogP contribution in [0.3, 0.4) is 0 Å². The first-order valence-electron chi connectivity index (χ1n) is 13.7. The highest BCUT2D eigenvalue weighted by atomic mass is 35.5. The van der Waals surface area contributed by atoms with Crippen LogP contribution in [-0.4, -0.2) is 34.8 Å². The van der Waals surface area contributed by atoms with Crippen molar-refractivity contribution in [1.82, 2.24) is 15.1 Å². The summed E-state index contributed by atoms with van der Waals surface area (Å²) < 4.78 is 11.8. The second-order valence-electron chi connectivity index (χ2n) is 11.1. The van der Waals surface area contributed by atoms with Crippen molar-refractivity contribution in [2.24, 2.45) is 5.41 Å². The highest BCUT2D eigenvalue weighted by Crippen LogP contribution is 2.56. The van der Waals surface area contributed by atoms with Gasteiger partial charge in [-0.25, -0.2) is 0 Å². The van der Waals surface area contributed by atoms with E-state index >= 15 is 0 Å². The Morgan fingerprint density at radius 3 is 2.51 bits per heavy atom. The number of hydrogen-bond donors (Lipinski definition) is 0. The van der Waals surface area contributed by atoms with E-state index in [9.17, 15) is 0 Å². The largest absolute Gasteiger partial charge is 0.493 e. The second kappa shape index (κ2) is 9.53. The third-order valence-corrected chi connectivity index (χ3v) is 8.98. The molecule has 200 valence electrons. The summed E-state index contributed by atoms with van der Waals surface area (Å²) in [6, 6.07) is 8.58. The van der Waals surface area contributed by atoms with E-state index in [-0.39, 0.29) is 5.41 Å². The maximum Gasteiger partial charge on any atom is 0.147 e. The average Bonchev–Trinajstić information content (AvgIpc) is 3.67. The first-order chi connectivity index (χ1) is 18.9. The van der Waals surface area contributed by atoms with Crippen molar-refractivity contribution in [3.63, 3.8) is 0 Å². The number of benzene rings is 1. The minimum Gasteiger partial charge on any atom is -0.493 e. The van der Waals surface area contributed by atoms with Crippen LogP contribution in [0.4, 0.5) is 5.69 Å². The summed E-state index contributed by atoms with van der Waals surface area (Å²) in [5, 5.41) is 6.54. The van der Waals surface area contributed by atoms with E-state index in [1.807, 2.05) is 19.9 Å². The molecule has 1 saturated heterocycles. The van der Waals surface area contributed by atoms with Crippen molar-refractivity contribution in [2.45, 2.75) is 51.9 Å². The van der Waals surface area contributed by atoms with Gasteiger partial charge in [0.25, 0.3) is 0 Å². The van der Waals surface area contributed by atoms with Crippen molar-refractivity contribution < 1.29 is 9.26 Å². The maximum atomic E-state index is 6.53. The van der Waals surface area contributed by atoms with Gasteiger partial charge in [0.05, 0.1) is 22.2 Å². The number of hydrogen-bond acceptors (Lipinski definition) is 6. The number of rotatable bonds is 6. The van der Waals surface area contributed by atoms with Gasteiger partial charge in [0.1, 0.15) is 17.2 Å². The van der Waals surface area contributed by atoms with Crippen LogP contribution >= 0.6 is 23.2 Å². The third kappa shape index (κ3) is 4.38. The molecular weight excluding hydrogens is 531 g/mol. The molecule has 3 aromatic heterocycles. The van der Waals surface area contributed by atoms with Crippen LogP contribution in [0.25, 0.3) is 27.7 Å². The average molecular weight is 562 g/mol. The second-order valence-corrected chi connectivity index (χ2v) is 11.9. The van der Waals surface area contributed by atoms with Crippen LogP contribution in [0.1, 0.15) is 62.0 Å². The molecule has 8 heteroatoms. The number of nitrogens with zero attached hydrogens (tertiary/aromatic N) is 4. The number of piperidine rings is 1. The number of allylic oxidation sites excluding steroid dienone is 2. The van der Waals surface area contributed by atoms with Crippen LogP contribution in [0.2, 0.25) is 10.0 Å². The minimum absolute atomic E-state index is 0.207. The fourth-order valence-electron chi connectivity index (χ4n) is 6.24. The molecule has 1 saturated carbocycles. The Morgan fingerprint density at radius 2 is 1.82 bits per heavy atom. The summed E-state index contributed by atoms with van der Waals surface area (Å²) in [5.74, 6) is 2.33. The number of fused-ring (bicyclic) bond motifs is 1. The first-order valence-corrected chi connectivity index (χ1v) is 14.5. The van der Waals surface area contributed by atoms with Gasteiger partial charge in [-0.1, -0.05) is 34.4 Å². The summed E-state index contributed by atoms with van der Waals surface area (Å²) in [5.41, 5.74) is 7.25. The van der Waals surface area contributed by atoms with Gasteiger partial charge >= 0.3 is 0 Å². The molecule has 0 radical (unpaired) electrons. The molecule has 4 aromatic rings. The van der Waals surface area contributed by atoms with E-state index in [0.29, 0.717) is 28.1 Å². The summed E-state index contributed by atoms with van der Waals surface area (Å²) in [7, 11) is 0. The SMILES string of the molecule is CCOc1cc(C)nc2ccc(N3CCC4(C=C(c5c(-c6c(Cl)cncc6Cl)noc5C5CC5)C4)CC3)cc12. The number of aromatic nitrogens is 3. The standard InChI is InChI=1S/C31H30Cl2N4O2/c1-3-38-26-12-18(2)35-25-7-6-21(13-22(25)26)37-10-8-31(9-11-37)14-20(15-31)27-29(36-39-30(27)19-4-5-19)28-23(32)16-34-17-24(28)33/h6-7,12-14,16-17,19H,3-5,8-11,15H2,1-2H3. The quantitative estimate of drug-likeness (QED) is 0.236. The minimum atomic E-state index is 0.207. The van der Waals surface area contributed by atoms with Crippen LogP contribution in [0.5, 0.6) is 5.75 Å². The summed E-state index contributed by atoms with van der Waals surface area (Å²) >= 11 is 13.1. The van der Waals surface area contributed by atoms with Gasteiger partial charge < -0.3 is 14.2 Å². The Labute approximate surface area is 238 Å².